The molecule has 0 heterocycles. The maximum Gasteiger partial charge on any atom is -0.0232 e. The Morgan fingerprint density at radius 3 is 1.50 bits per heavy atom. The van der Waals surface area contributed by atoms with E-state index in [4.69, 9.17) is 0 Å². The molecule has 0 aliphatic heterocycles. The summed E-state index contributed by atoms with van der Waals surface area (Å²) in [5, 5.41) is 0. The van der Waals surface area contributed by atoms with E-state index in [1.807, 2.05) is 0 Å². The number of hydrogen-bond donors (Lipinski definition) is 0. The number of rotatable bonds is 0. The van der Waals surface area contributed by atoms with E-state index in [2.05, 4.69) is 24.3 Å². The van der Waals surface area contributed by atoms with Gasteiger partial charge in [-0.25, -0.2) is 0 Å². The molecule has 0 heteroatoms. The van der Waals surface area contributed by atoms with Gasteiger partial charge in [-0.1, -0.05) is 24.3 Å². The van der Waals surface area contributed by atoms with Crippen LogP contribution < -0.4 is 0 Å². The summed E-state index contributed by atoms with van der Waals surface area (Å²) in [7, 11) is 0. The summed E-state index contributed by atoms with van der Waals surface area (Å²) >= 11 is 0. The molecule has 18 heavy (non-hydrogen) atoms. The minimum Gasteiger partial charge on any atom is -0.0839 e. The van der Waals surface area contributed by atoms with Gasteiger partial charge in [0.25, 0.3) is 0 Å². The van der Waals surface area contributed by atoms with Crippen molar-refractivity contribution in [1.29, 1.82) is 0 Å². The Balaban J connectivity index is 1.84. The molecular formula is C18H20. The van der Waals surface area contributed by atoms with Crippen LogP contribution in [0.1, 0.15) is 51.4 Å². The number of hydrogen-bond acceptors (Lipinski definition) is 0. The van der Waals surface area contributed by atoms with Gasteiger partial charge in [-0.15, -0.1) is 0 Å². The van der Waals surface area contributed by atoms with Gasteiger partial charge >= 0.3 is 0 Å². The average Bonchev–Trinajstić information content (AvgIpc) is 2.46. The first-order chi connectivity index (χ1) is 8.93. The minimum absolute atomic E-state index is 1.25. The van der Waals surface area contributed by atoms with Crippen molar-refractivity contribution < 1.29 is 0 Å². The van der Waals surface area contributed by atoms with Crippen molar-refractivity contribution in [3.63, 3.8) is 0 Å². The van der Waals surface area contributed by atoms with Crippen molar-refractivity contribution in [3.8, 4) is 0 Å². The SMILES string of the molecule is C1=CC2=C(CC1)C1=C(CC2)C2=C(C=CCC2)CC1. The molecule has 0 saturated carbocycles. The van der Waals surface area contributed by atoms with Crippen LogP contribution in [0.25, 0.3) is 0 Å². The van der Waals surface area contributed by atoms with Crippen LogP contribution in [0.2, 0.25) is 0 Å². The maximum atomic E-state index is 2.40. The van der Waals surface area contributed by atoms with E-state index >= 15 is 0 Å². The summed E-state index contributed by atoms with van der Waals surface area (Å²) in [5.41, 5.74) is 10.2. The molecule has 0 fully saturated rings. The van der Waals surface area contributed by atoms with Crippen LogP contribution >= 0.6 is 0 Å². The molecule has 0 aromatic carbocycles. The topological polar surface area (TPSA) is 0 Å². The molecule has 92 valence electrons. The molecule has 0 amide bonds. The third kappa shape index (κ3) is 1.51. The van der Waals surface area contributed by atoms with E-state index in [1.165, 1.54) is 51.4 Å². The second-order valence-corrected chi connectivity index (χ2v) is 5.85. The van der Waals surface area contributed by atoms with Crippen molar-refractivity contribution in [3.05, 3.63) is 57.7 Å². The Morgan fingerprint density at radius 2 is 1.00 bits per heavy atom. The molecular weight excluding hydrogens is 216 g/mol. The first-order valence-electron chi connectivity index (χ1n) is 7.43. The largest absolute Gasteiger partial charge is 0.0839 e. The Kier molecular flexibility index (Phi) is 2.43. The smallest absolute Gasteiger partial charge is 0.0232 e. The van der Waals surface area contributed by atoms with Crippen LogP contribution in [-0.4, -0.2) is 0 Å². The monoisotopic (exact) mass is 236 g/mol. The van der Waals surface area contributed by atoms with Crippen molar-refractivity contribution in [2.75, 3.05) is 0 Å². The van der Waals surface area contributed by atoms with Gasteiger partial charge in [-0.2, -0.15) is 0 Å². The van der Waals surface area contributed by atoms with Crippen molar-refractivity contribution in [1.82, 2.24) is 0 Å². The molecule has 0 unspecified atom stereocenters. The molecule has 0 nitrogen and oxygen atoms in total. The zero-order valence-corrected chi connectivity index (χ0v) is 11.0. The van der Waals surface area contributed by atoms with E-state index in [0.29, 0.717) is 0 Å². The van der Waals surface area contributed by atoms with Gasteiger partial charge < -0.3 is 0 Å². The molecule has 0 radical (unpaired) electrons. The highest BCUT2D eigenvalue weighted by Crippen LogP contribution is 2.46. The highest BCUT2D eigenvalue weighted by Gasteiger charge is 2.27. The van der Waals surface area contributed by atoms with Gasteiger partial charge in [0.2, 0.25) is 0 Å². The third-order valence-corrected chi connectivity index (χ3v) is 4.92. The molecule has 0 aromatic rings. The van der Waals surface area contributed by atoms with Gasteiger partial charge in [0.05, 0.1) is 0 Å². The molecule has 0 bridgehead atoms. The minimum atomic E-state index is 1.25. The van der Waals surface area contributed by atoms with Gasteiger partial charge in [0.1, 0.15) is 0 Å². The van der Waals surface area contributed by atoms with Gasteiger partial charge in [0.15, 0.2) is 0 Å². The fourth-order valence-electron chi connectivity index (χ4n) is 4.07. The van der Waals surface area contributed by atoms with Crippen molar-refractivity contribution >= 4 is 0 Å². The Morgan fingerprint density at radius 1 is 0.500 bits per heavy atom. The van der Waals surface area contributed by atoms with E-state index in [-0.39, 0.29) is 0 Å². The molecule has 0 N–H and O–H groups in total. The quantitative estimate of drug-likeness (QED) is 0.544. The summed E-state index contributed by atoms with van der Waals surface area (Å²) in [4.78, 5) is 0. The van der Waals surface area contributed by atoms with Crippen LogP contribution in [0.5, 0.6) is 0 Å². The lowest BCUT2D eigenvalue weighted by Crippen LogP contribution is -2.15. The van der Waals surface area contributed by atoms with Crippen LogP contribution in [0.15, 0.2) is 57.7 Å². The Bertz CT molecular complexity index is 497. The van der Waals surface area contributed by atoms with E-state index < -0.39 is 0 Å². The first kappa shape index (κ1) is 10.6. The summed E-state index contributed by atoms with van der Waals surface area (Å²) in [6, 6.07) is 0. The molecule has 0 atom stereocenters. The van der Waals surface area contributed by atoms with E-state index in [9.17, 15) is 0 Å². The average molecular weight is 236 g/mol. The fourth-order valence-corrected chi connectivity index (χ4v) is 4.07. The zero-order chi connectivity index (χ0) is 11.9. The molecule has 0 saturated heterocycles. The standard InChI is InChI=1S/C18H20/c1-3-7-15-13(5-1)9-11-18-16-8-4-2-6-14(16)10-12-17(15)18/h1-2,5-6H,3-4,7-12H2. The van der Waals surface area contributed by atoms with E-state index in [0.717, 1.165) is 0 Å². The summed E-state index contributed by atoms with van der Waals surface area (Å²) in [6.45, 7) is 0. The highest BCUT2D eigenvalue weighted by atomic mass is 14.3. The molecule has 0 aromatic heterocycles. The lowest BCUT2D eigenvalue weighted by molar-refractivity contribution is 0.741. The van der Waals surface area contributed by atoms with Crippen LogP contribution in [-0.2, 0) is 0 Å². The molecule has 4 rings (SSSR count). The second kappa shape index (κ2) is 4.12. The number of fused-ring (bicyclic) bond motifs is 2. The van der Waals surface area contributed by atoms with Crippen molar-refractivity contribution in [2.45, 2.75) is 51.4 Å². The van der Waals surface area contributed by atoms with Crippen LogP contribution in [0, 0.1) is 0 Å². The highest BCUT2D eigenvalue weighted by molar-refractivity contribution is 5.58. The lowest BCUT2D eigenvalue weighted by Gasteiger charge is -2.34. The lowest BCUT2D eigenvalue weighted by atomic mass is 9.71. The van der Waals surface area contributed by atoms with Gasteiger partial charge in [-0.3, -0.25) is 0 Å². The predicted molar refractivity (Wildman–Crippen MR) is 76.3 cm³/mol. The number of allylic oxidation sites excluding steroid dienone is 10. The Hall–Kier alpha value is -1.30. The molecule has 0 spiro atoms. The summed E-state index contributed by atoms with van der Waals surface area (Å²) in [6.07, 6.45) is 19.8. The zero-order valence-electron chi connectivity index (χ0n) is 11.0. The normalized spacial score (nSPS) is 26.2. The predicted octanol–water partition coefficient (Wildman–Crippen LogP) is 5.16. The molecule has 4 aliphatic rings. The first-order valence-corrected chi connectivity index (χ1v) is 7.43. The summed E-state index contributed by atoms with van der Waals surface area (Å²) < 4.78 is 0. The van der Waals surface area contributed by atoms with Gasteiger partial charge in [-0.05, 0) is 84.8 Å². The Labute approximate surface area is 109 Å². The molecule has 4 aliphatic carbocycles. The summed E-state index contributed by atoms with van der Waals surface area (Å²) in [5.74, 6) is 0. The van der Waals surface area contributed by atoms with Gasteiger partial charge in [0, 0.05) is 0 Å². The van der Waals surface area contributed by atoms with Crippen molar-refractivity contribution in [2.24, 2.45) is 0 Å². The second-order valence-electron chi connectivity index (χ2n) is 5.85. The van der Waals surface area contributed by atoms with Crippen LogP contribution in [0.3, 0.4) is 0 Å². The fraction of sp³-hybridized carbons (Fsp3) is 0.444. The third-order valence-electron chi connectivity index (χ3n) is 4.92. The van der Waals surface area contributed by atoms with Crippen LogP contribution in [0.4, 0.5) is 0 Å². The van der Waals surface area contributed by atoms with E-state index in [1.54, 1.807) is 33.4 Å². The maximum absolute atomic E-state index is 2.40.